The molecule has 8 rings (SSSR count). The lowest BCUT2D eigenvalue weighted by molar-refractivity contribution is -0.148. The number of hydrogen-bond donors (Lipinski definition) is 1. The quantitative estimate of drug-likeness (QED) is 0.275. The largest absolute Gasteiger partial charge is 0.378 e. The summed E-state index contributed by atoms with van der Waals surface area (Å²) in [7, 11) is 0. The van der Waals surface area contributed by atoms with Crippen LogP contribution < -0.4 is 0 Å². The maximum atomic E-state index is 5.74. The van der Waals surface area contributed by atoms with Crippen LogP contribution in [-0.4, -0.2) is 56.4 Å². The van der Waals surface area contributed by atoms with Crippen molar-refractivity contribution in [3.05, 3.63) is 89.7 Å². The van der Waals surface area contributed by atoms with Crippen LogP contribution in [0, 0.1) is 6.92 Å². The Morgan fingerprint density at radius 3 is 2.30 bits per heavy atom. The van der Waals surface area contributed by atoms with Gasteiger partial charge in [-0.3, -0.25) is 15.0 Å². The summed E-state index contributed by atoms with van der Waals surface area (Å²) in [4.78, 5) is 12.1. The van der Waals surface area contributed by atoms with Crippen molar-refractivity contribution in [1.29, 1.82) is 0 Å². The number of aryl methyl sites for hydroxylation is 3. The van der Waals surface area contributed by atoms with Gasteiger partial charge in [-0.05, 0) is 73.4 Å². The van der Waals surface area contributed by atoms with Crippen LogP contribution in [0.4, 0.5) is 0 Å². The summed E-state index contributed by atoms with van der Waals surface area (Å²) >= 11 is 0. The van der Waals surface area contributed by atoms with Gasteiger partial charge in [0.1, 0.15) is 5.69 Å². The average molecular weight is 528 g/mol. The number of pyridine rings is 2. The van der Waals surface area contributed by atoms with E-state index in [4.69, 9.17) is 9.72 Å². The van der Waals surface area contributed by atoms with Crippen molar-refractivity contribution < 1.29 is 4.74 Å². The Balaban J connectivity index is 1.06. The van der Waals surface area contributed by atoms with Crippen LogP contribution in [0.1, 0.15) is 36.0 Å². The molecule has 0 saturated carbocycles. The third-order valence-corrected chi connectivity index (χ3v) is 9.24. The molecule has 5 aromatic rings. The molecule has 3 atom stereocenters. The molecule has 6 nitrogen and oxygen atoms in total. The van der Waals surface area contributed by atoms with E-state index < -0.39 is 0 Å². The number of ether oxygens (including phenoxy) is 1. The van der Waals surface area contributed by atoms with Gasteiger partial charge in [-0.25, -0.2) is 4.98 Å². The Kier molecular flexibility index (Phi) is 5.78. The fraction of sp³-hybridized carbons (Fsp3) is 0.324. The number of nitrogens with zero attached hydrogens (tertiary/aromatic N) is 4. The van der Waals surface area contributed by atoms with E-state index in [2.05, 4.69) is 87.7 Å². The molecule has 3 aromatic heterocycles. The molecule has 0 spiro atoms. The summed E-state index contributed by atoms with van der Waals surface area (Å²) < 4.78 is 5.74. The molecule has 2 aliphatic heterocycles. The molecule has 2 aromatic carbocycles. The van der Waals surface area contributed by atoms with E-state index in [9.17, 15) is 0 Å². The Labute approximate surface area is 234 Å². The molecule has 0 radical (unpaired) electrons. The number of aromatic nitrogens is 4. The van der Waals surface area contributed by atoms with Crippen LogP contribution in [0.3, 0.4) is 0 Å². The van der Waals surface area contributed by atoms with Crippen LogP contribution in [0.5, 0.6) is 0 Å². The lowest BCUT2D eigenvalue weighted by Gasteiger charge is -2.56. The molecule has 2 bridgehead atoms. The Hall–Kier alpha value is -3.87. The number of hydrogen-bond acceptors (Lipinski definition) is 5. The van der Waals surface area contributed by atoms with E-state index in [0.717, 1.165) is 70.7 Å². The van der Waals surface area contributed by atoms with E-state index in [1.165, 1.54) is 36.0 Å². The van der Waals surface area contributed by atoms with Crippen LogP contribution >= 0.6 is 0 Å². The highest BCUT2D eigenvalue weighted by molar-refractivity contribution is 5.93. The zero-order valence-corrected chi connectivity index (χ0v) is 22.8. The fourth-order valence-electron chi connectivity index (χ4n) is 7.05. The predicted octanol–water partition coefficient (Wildman–Crippen LogP) is 6.38. The molecule has 2 saturated heterocycles. The minimum absolute atomic E-state index is 0.651. The summed E-state index contributed by atoms with van der Waals surface area (Å²) in [6.45, 7) is 3.90. The number of aromatic amines is 1. The van der Waals surface area contributed by atoms with Crippen LogP contribution in [0.25, 0.3) is 44.7 Å². The van der Waals surface area contributed by atoms with Crippen molar-refractivity contribution in [2.75, 3.05) is 13.2 Å². The molecule has 200 valence electrons. The van der Waals surface area contributed by atoms with E-state index in [1.807, 2.05) is 12.4 Å². The first-order chi connectivity index (χ1) is 19.7. The molecule has 2 unspecified atom stereocenters. The lowest BCUT2D eigenvalue weighted by Crippen LogP contribution is -2.66. The van der Waals surface area contributed by atoms with Gasteiger partial charge in [0.05, 0.1) is 18.9 Å². The van der Waals surface area contributed by atoms with Crippen molar-refractivity contribution in [2.45, 2.75) is 57.2 Å². The van der Waals surface area contributed by atoms with Gasteiger partial charge in [0.25, 0.3) is 0 Å². The number of nitrogens with one attached hydrogen (secondary N) is 1. The molecule has 40 heavy (non-hydrogen) atoms. The number of benzene rings is 2. The van der Waals surface area contributed by atoms with Crippen molar-refractivity contribution in [1.82, 2.24) is 25.1 Å². The highest BCUT2D eigenvalue weighted by atomic mass is 16.5. The van der Waals surface area contributed by atoms with Gasteiger partial charge in [0.2, 0.25) is 0 Å². The molecule has 6 heteroatoms. The molecule has 3 aliphatic rings. The third kappa shape index (κ3) is 4.14. The third-order valence-electron chi connectivity index (χ3n) is 9.24. The summed E-state index contributed by atoms with van der Waals surface area (Å²) in [5.74, 6) is 0. The van der Waals surface area contributed by atoms with Crippen LogP contribution in [-0.2, 0) is 17.6 Å². The monoisotopic (exact) mass is 527 g/mol. The molecule has 2 fully saturated rings. The van der Waals surface area contributed by atoms with Gasteiger partial charge in [-0.2, -0.15) is 5.10 Å². The molecule has 5 heterocycles. The summed E-state index contributed by atoms with van der Waals surface area (Å²) in [5.41, 5.74) is 11.4. The van der Waals surface area contributed by atoms with Gasteiger partial charge >= 0.3 is 0 Å². The minimum Gasteiger partial charge on any atom is -0.378 e. The lowest BCUT2D eigenvalue weighted by atomic mass is 9.87. The van der Waals surface area contributed by atoms with Crippen molar-refractivity contribution in [3.8, 4) is 33.6 Å². The van der Waals surface area contributed by atoms with Gasteiger partial charge in [-0.1, -0.05) is 48.5 Å². The molecule has 1 N–H and O–H groups in total. The smallest absolute Gasteiger partial charge is 0.155 e. The SMILES string of the molecule is Cc1ccc(-c2ccc(-c3n[nH]c4ncc(-c5ccc6c(c5)CC[C@@H](N5C7COCC5C7)CC6)cc34)cc2)nc1. The maximum absolute atomic E-state index is 5.74. The number of fused-ring (bicyclic) bond motifs is 4. The number of H-pyrrole nitrogens is 1. The highest BCUT2D eigenvalue weighted by Gasteiger charge is 2.45. The fourth-order valence-corrected chi connectivity index (χ4v) is 7.05. The van der Waals surface area contributed by atoms with Gasteiger partial charge in [0, 0.05) is 52.6 Å². The van der Waals surface area contributed by atoms with E-state index in [-0.39, 0.29) is 0 Å². The second-order valence-corrected chi connectivity index (χ2v) is 11.7. The Bertz CT molecular complexity index is 1680. The zero-order chi connectivity index (χ0) is 26.6. The second kappa shape index (κ2) is 9.65. The summed E-state index contributed by atoms with van der Waals surface area (Å²) in [6.07, 6.45) is 10.00. The summed E-state index contributed by atoms with van der Waals surface area (Å²) in [5, 5.41) is 8.82. The van der Waals surface area contributed by atoms with E-state index in [1.54, 1.807) is 0 Å². The van der Waals surface area contributed by atoms with Crippen LogP contribution in [0.2, 0.25) is 0 Å². The molecule has 0 amide bonds. The van der Waals surface area contributed by atoms with Crippen molar-refractivity contribution >= 4 is 11.0 Å². The normalized spacial score (nSPS) is 22.5. The average Bonchev–Trinajstić information content (AvgIpc) is 3.32. The minimum atomic E-state index is 0.651. The standard InChI is InChI=1S/C34H33N5O/c1-21-2-13-32(35-17-21)23-4-6-24(7-5-23)33-31-15-27(18-36-34(31)38-37-33)26-8-3-22-9-11-28(12-10-25(22)14-26)39-29-16-30(39)20-40-19-29/h2-8,13-15,17-18,28-30H,9-12,16,19-20H2,1H3,(H,36,37,38)/t28-,29?,30?/m0/s1. The second-order valence-electron chi connectivity index (χ2n) is 11.7. The molecule has 1 aliphatic carbocycles. The van der Waals surface area contributed by atoms with Gasteiger partial charge in [-0.15, -0.1) is 0 Å². The topological polar surface area (TPSA) is 66.9 Å². The first-order valence-electron chi connectivity index (χ1n) is 14.5. The first kappa shape index (κ1) is 24.0. The van der Waals surface area contributed by atoms with Crippen LogP contribution in [0.15, 0.2) is 73.1 Å². The highest BCUT2D eigenvalue weighted by Crippen LogP contribution is 2.38. The van der Waals surface area contributed by atoms with Crippen molar-refractivity contribution in [2.24, 2.45) is 0 Å². The first-order valence-corrected chi connectivity index (χ1v) is 14.5. The number of morpholine rings is 1. The Morgan fingerprint density at radius 2 is 1.52 bits per heavy atom. The predicted molar refractivity (Wildman–Crippen MR) is 158 cm³/mol. The van der Waals surface area contributed by atoms with Gasteiger partial charge in [0.15, 0.2) is 5.65 Å². The molecular formula is C34H33N5O. The zero-order valence-electron chi connectivity index (χ0n) is 22.8. The summed E-state index contributed by atoms with van der Waals surface area (Å²) in [6, 6.07) is 23.9. The molecular weight excluding hydrogens is 494 g/mol. The van der Waals surface area contributed by atoms with E-state index in [0.29, 0.717) is 18.1 Å². The van der Waals surface area contributed by atoms with E-state index >= 15 is 0 Å². The van der Waals surface area contributed by atoms with Crippen molar-refractivity contribution in [3.63, 3.8) is 0 Å². The van der Waals surface area contributed by atoms with Gasteiger partial charge < -0.3 is 4.74 Å². The Morgan fingerprint density at radius 1 is 0.750 bits per heavy atom. The maximum Gasteiger partial charge on any atom is 0.155 e. The number of rotatable bonds is 4.